The van der Waals surface area contributed by atoms with Crippen LogP contribution in [0.2, 0.25) is 0 Å². The first kappa shape index (κ1) is 13.9. The second kappa shape index (κ2) is 7.13. The number of hydrogen-bond donors (Lipinski definition) is 3. The summed E-state index contributed by atoms with van der Waals surface area (Å²) in [5.74, 6) is -0.240. The maximum atomic E-state index is 11.6. The molecule has 0 radical (unpaired) electrons. The molecule has 5 nitrogen and oxygen atoms in total. The van der Waals surface area contributed by atoms with Crippen LogP contribution in [0.3, 0.4) is 0 Å². The second-order valence-corrected chi connectivity index (χ2v) is 4.32. The second-order valence-electron chi connectivity index (χ2n) is 4.32. The quantitative estimate of drug-likeness (QED) is 0.443. The van der Waals surface area contributed by atoms with E-state index in [2.05, 4.69) is 22.8 Å². The van der Waals surface area contributed by atoms with Gasteiger partial charge in [0.2, 0.25) is 0 Å². The monoisotopic (exact) mass is 271 g/mol. The summed E-state index contributed by atoms with van der Waals surface area (Å²) in [6.07, 6.45) is 3.25. The Kier molecular flexibility index (Phi) is 4.94. The van der Waals surface area contributed by atoms with Gasteiger partial charge in [0.05, 0.1) is 6.26 Å². The molecular formula is C15H17N3O2. The van der Waals surface area contributed by atoms with Crippen LogP contribution in [0.25, 0.3) is 0 Å². The summed E-state index contributed by atoms with van der Waals surface area (Å²) >= 11 is 0. The summed E-state index contributed by atoms with van der Waals surface area (Å²) in [4.78, 5) is 11.6. The molecule has 3 N–H and O–H groups in total. The third-order valence-electron chi connectivity index (χ3n) is 2.77. The molecule has 0 aliphatic carbocycles. The van der Waals surface area contributed by atoms with Crippen molar-refractivity contribution in [3.05, 3.63) is 60.1 Å². The Morgan fingerprint density at radius 1 is 1.15 bits per heavy atom. The van der Waals surface area contributed by atoms with Crippen molar-refractivity contribution >= 4 is 11.9 Å². The molecule has 0 saturated carbocycles. The largest absolute Gasteiger partial charge is 0.459 e. The zero-order valence-electron chi connectivity index (χ0n) is 11.1. The molecule has 2 rings (SSSR count). The van der Waals surface area contributed by atoms with Crippen LogP contribution in [0, 0.1) is 5.41 Å². The van der Waals surface area contributed by atoms with E-state index < -0.39 is 5.91 Å². The Morgan fingerprint density at radius 2 is 1.95 bits per heavy atom. The van der Waals surface area contributed by atoms with Gasteiger partial charge in [0.1, 0.15) is 0 Å². The SMILES string of the molecule is N=C(NCCCc1ccccc1)NC(=O)c1ccco1. The van der Waals surface area contributed by atoms with Crippen LogP contribution in [0.5, 0.6) is 0 Å². The molecule has 1 heterocycles. The van der Waals surface area contributed by atoms with Crippen LogP contribution in [0.1, 0.15) is 22.5 Å². The number of guanidine groups is 1. The minimum Gasteiger partial charge on any atom is -0.459 e. The molecule has 0 atom stereocenters. The molecule has 0 aliphatic rings. The molecule has 20 heavy (non-hydrogen) atoms. The first-order chi connectivity index (χ1) is 9.75. The highest BCUT2D eigenvalue weighted by molar-refractivity contribution is 6.03. The summed E-state index contributed by atoms with van der Waals surface area (Å²) in [7, 11) is 0. The molecule has 5 heteroatoms. The van der Waals surface area contributed by atoms with E-state index in [1.165, 1.54) is 11.8 Å². The van der Waals surface area contributed by atoms with Crippen LogP contribution in [-0.2, 0) is 6.42 Å². The lowest BCUT2D eigenvalue weighted by molar-refractivity contribution is 0.0948. The summed E-state index contributed by atoms with van der Waals surface area (Å²) in [5.41, 5.74) is 1.26. The maximum absolute atomic E-state index is 11.6. The number of benzene rings is 1. The molecule has 2 aromatic rings. The predicted octanol–water partition coefficient (Wildman–Crippen LogP) is 2.17. The number of aryl methyl sites for hydroxylation is 1. The van der Waals surface area contributed by atoms with Gasteiger partial charge in [-0.25, -0.2) is 0 Å². The molecule has 0 fully saturated rings. The Morgan fingerprint density at radius 3 is 2.65 bits per heavy atom. The van der Waals surface area contributed by atoms with Crippen molar-refractivity contribution in [2.75, 3.05) is 6.54 Å². The van der Waals surface area contributed by atoms with Gasteiger partial charge in [-0.05, 0) is 30.5 Å². The minimum absolute atomic E-state index is 0.0144. The average Bonchev–Trinajstić information content (AvgIpc) is 2.99. The van der Waals surface area contributed by atoms with Crippen LogP contribution in [-0.4, -0.2) is 18.4 Å². The lowest BCUT2D eigenvalue weighted by atomic mass is 10.1. The number of hydrogen-bond acceptors (Lipinski definition) is 3. The van der Waals surface area contributed by atoms with Crippen LogP contribution in [0.4, 0.5) is 0 Å². The first-order valence-electron chi connectivity index (χ1n) is 6.47. The number of rotatable bonds is 5. The van der Waals surface area contributed by atoms with Gasteiger partial charge < -0.3 is 9.73 Å². The maximum Gasteiger partial charge on any atom is 0.293 e. The van der Waals surface area contributed by atoms with E-state index in [1.807, 2.05) is 18.2 Å². The van der Waals surface area contributed by atoms with Crippen molar-refractivity contribution in [2.45, 2.75) is 12.8 Å². The lowest BCUT2D eigenvalue weighted by Crippen LogP contribution is -2.40. The topological polar surface area (TPSA) is 78.1 Å². The van der Waals surface area contributed by atoms with Gasteiger partial charge in [-0.3, -0.25) is 15.5 Å². The molecule has 1 aromatic heterocycles. The highest BCUT2D eigenvalue weighted by Gasteiger charge is 2.09. The van der Waals surface area contributed by atoms with E-state index in [1.54, 1.807) is 12.1 Å². The van der Waals surface area contributed by atoms with Gasteiger partial charge in [-0.1, -0.05) is 30.3 Å². The highest BCUT2D eigenvalue weighted by atomic mass is 16.3. The summed E-state index contributed by atoms with van der Waals surface area (Å²) < 4.78 is 4.94. The van der Waals surface area contributed by atoms with Gasteiger partial charge in [-0.2, -0.15) is 0 Å². The fourth-order valence-corrected chi connectivity index (χ4v) is 1.78. The molecule has 0 saturated heterocycles. The van der Waals surface area contributed by atoms with Crippen LogP contribution < -0.4 is 10.6 Å². The number of carbonyl (C=O) groups excluding carboxylic acids is 1. The summed E-state index contributed by atoms with van der Waals surface area (Å²) in [5, 5.41) is 12.9. The molecule has 0 aliphatic heterocycles. The normalized spacial score (nSPS) is 10.0. The third kappa shape index (κ3) is 4.28. The van der Waals surface area contributed by atoms with Crippen molar-refractivity contribution in [2.24, 2.45) is 0 Å². The minimum atomic E-state index is -0.421. The molecule has 0 unspecified atom stereocenters. The lowest BCUT2D eigenvalue weighted by Gasteiger charge is -2.08. The van der Waals surface area contributed by atoms with Gasteiger partial charge in [0.25, 0.3) is 5.91 Å². The Hall–Kier alpha value is -2.56. The molecular weight excluding hydrogens is 254 g/mol. The average molecular weight is 271 g/mol. The van der Waals surface area contributed by atoms with E-state index in [4.69, 9.17) is 9.83 Å². The van der Waals surface area contributed by atoms with Gasteiger partial charge >= 0.3 is 0 Å². The number of amides is 1. The predicted molar refractivity (Wildman–Crippen MR) is 76.7 cm³/mol. The number of carbonyl (C=O) groups is 1. The van der Waals surface area contributed by atoms with E-state index in [-0.39, 0.29) is 11.7 Å². The van der Waals surface area contributed by atoms with Crippen molar-refractivity contribution < 1.29 is 9.21 Å². The Labute approximate surface area is 117 Å². The van der Waals surface area contributed by atoms with Crippen LogP contribution in [0.15, 0.2) is 53.1 Å². The van der Waals surface area contributed by atoms with E-state index in [0.29, 0.717) is 6.54 Å². The van der Waals surface area contributed by atoms with E-state index in [0.717, 1.165) is 12.8 Å². The Balaban J connectivity index is 1.64. The smallest absolute Gasteiger partial charge is 0.293 e. The number of nitrogens with one attached hydrogen (secondary N) is 3. The fourth-order valence-electron chi connectivity index (χ4n) is 1.78. The van der Waals surface area contributed by atoms with Crippen molar-refractivity contribution in [3.63, 3.8) is 0 Å². The zero-order chi connectivity index (χ0) is 14.2. The zero-order valence-corrected chi connectivity index (χ0v) is 11.1. The third-order valence-corrected chi connectivity index (χ3v) is 2.77. The van der Waals surface area contributed by atoms with Crippen molar-refractivity contribution in [3.8, 4) is 0 Å². The van der Waals surface area contributed by atoms with E-state index in [9.17, 15) is 4.79 Å². The van der Waals surface area contributed by atoms with Gasteiger partial charge in [0, 0.05) is 6.54 Å². The number of furan rings is 1. The molecule has 104 valence electrons. The van der Waals surface area contributed by atoms with Crippen LogP contribution >= 0.6 is 0 Å². The highest BCUT2D eigenvalue weighted by Crippen LogP contribution is 2.01. The standard InChI is InChI=1S/C15H17N3O2/c16-15(18-14(19)13-9-5-11-20-13)17-10-4-8-12-6-2-1-3-7-12/h1-3,5-7,9,11H,4,8,10H2,(H3,16,17,18,19). The van der Waals surface area contributed by atoms with Gasteiger partial charge in [0.15, 0.2) is 11.7 Å². The molecule has 0 spiro atoms. The molecule has 1 aromatic carbocycles. The molecule has 0 bridgehead atoms. The first-order valence-corrected chi connectivity index (χ1v) is 6.47. The fraction of sp³-hybridized carbons (Fsp3) is 0.200. The van der Waals surface area contributed by atoms with Crippen molar-refractivity contribution in [1.82, 2.24) is 10.6 Å². The summed E-state index contributed by atoms with van der Waals surface area (Å²) in [6, 6.07) is 13.3. The molecule has 1 amide bonds. The van der Waals surface area contributed by atoms with Gasteiger partial charge in [-0.15, -0.1) is 0 Å². The Bertz CT molecular complexity index is 550. The van der Waals surface area contributed by atoms with Crippen molar-refractivity contribution in [1.29, 1.82) is 5.41 Å². The van der Waals surface area contributed by atoms with E-state index >= 15 is 0 Å². The summed E-state index contributed by atoms with van der Waals surface area (Å²) in [6.45, 7) is 0.631.